The SMILES string of the molecule is O=C1/C(=C\c2c(Oc3ccccc3)nc3ccccn3c2=O)SC(=S)N1CC1CCCO1. The van der Waals surface area contributed by atoms with Crippen molar-refractivity contribution in [3.8, 4) is 11.6 Å². The summed E-state index contributed by atoms with van der Waals surface area (Å²) in [5.74, 6) is 0.441. The number of nitrogens with zero attached hydrogens (tertiary/aromatic N) is 3. The number of carbonyl (C=O) groups is 1. The normalized spacial score (nSPS) is 19.9. The number of carbonyl (C=O) groups excluding carboxylic acids is 1. The third-order valence-electron chi connectivity index (χ3n) is 5.25. The number of rotatable bonds is 5. The number of amides is 1. The number of hydrogen-bond donors (Lipinski definition) is 0. The fourth-order valence-electron chi connectivity index (χ4n) is 3.66. The van der Waals surface area contributed by atoms with E-state index in [0.717, 1.165) is 12.8 Å². The molecule has 0 N–H and O–H groups in total. The number of benzene rings is 1. The fraction of sp³-hybridized carbons (Fsp3) is 0.217. The van der Waals surface area contributed by atoms with Crippen LogP contribution in [0.3, 0.4) is 0 Å². The van der Waals surface area contributed by atoms with E-state index in [2.05, 4.69) is 4.98 Å². The standard InChI is InChI=1S/C23H19N3O4S2/c27-21-17(13-18-22(28)26(23(31)32-18)14-16-9-6-12-29-16)20(30-15-7-2-1-3-8-15)24-19-10-4-5-11-25(19)21/h1-5,7-8,10-11,13,16H,6,9,12,14H2/b18-13+. The maximum absolute atomic E-state index is 13.3. The van der Waals surface area contributed by atoms with Crippen LogP contribution in [0.5, 0.6) is 11.6 Å². The van der Waals surface area contributed by atoms with Crippen molar-refractivity contribution in [2.45, 2.75) is 18.9 Å². The first kappa shape index (κ1) is 20.9. The van der Waals surface area contributed by atoms with Crippen LogP contribution in [0.1, 0.15) is 18.4 Å². The molecule has 0 aliphatic carbocycles. The van der Waals surface area contributed by atoms with Crippen molar-refractivity contribution in [1.29, 1.82) is 0 Å². The minimum atomic E-state index is -0.328. The molecule has 0 spiro atoms. The molecule has 7 nitrogen and oxygen atoms in total. The van der Waals surface area contributed by atoms with Gasteiger partial charge in [0.1, 0.15) is 21.3 Å². The van der Waals surface area contributed by atoms with Crippen molar-refractivity contribution in [1.82, 2.24) is 14.3 Å². The van der Waals surface area contributed by atoms with Crippen LogP contribution in [0.25, 0.3) is 11.7 Å². The van der Waals surface area contributed by atoms with Gasteiger partial charge in [-0.25, -0.2) is 0 Å². The number of para-hydroxylation sites is 1. The molecule has 2 aliphatic rings. The second kappa shape index (κ2) is 8.85. The average molecular weight is 466 g/mol. The number of pyridine rings is 1. The van der Waals surface area contributed by atoms with Crippen LogP contribution in [-0.2, 0) is 9.53 Å². The summed E-state index contributed by atoms with van der Waals surface area (Å²) in [5.41, 5.74) is 0.313. The van der Waals surface area contributed by atoms with Gasteiger partial charge in [0.25, 0.3) is 11.5 Å². The van der Waals surface area contributed by atoms with Gasteiger partial charge in [-0.2, -0.15) is 4.98 Å². The highest BCUT2D eigenvalue weighted by Crippen LogP contribution is 2.34. The van der Waals surface area contributed by atoms with E-state index < -0.39 is 0 Å². The van der Waals surface area contributed by atoms with E-state index in [9.17, 15) is 9.59 Å². The Hall–Kier alpha value is -3.01. The highest BCUT2D eigenvalue weighted by molar-refractivity contribution is 8.26. The zero-order valence-corrected chi connectivity index (χ0v) is 18.6. The first-order valence-corrected chi connectivity index (χ1v) is 11.4. The lowest BCUT2D eigenvalue weighted by molar-refractivity contribution is -0.123. The minimum Gasteiger partial charge on any atom is -0.438 e. The summed E-state index contributed by atoms with van der Waals surface area (Å²) in [6.07, 6.45) is 5.04. The van der Waals surface area contributed by atoms with Gasteiger partial charge in [0.15, 0.2) is 0 Å². The van der Waals surface area contributed by atoms with Gasteiger partial charge >= 0.3 is 0 Å². The lowest BCUT2D eigenvalue weighted by Crippen LogP contribution is -2.35. The monoisotopic (exact) mass is 465 g/mol. The number of hydrogen-bond acceptors (Lipinski definition) is 7. The molecule has 1 amide bonds. The Morgan fingerprint density at radius 1 is 1.19 bits per heavy atom. The molecule has 1 unspecified atom stereocenters. The smallest absolute Gasteiger partial charge is 0.269 e. The maximum atomic E-state index is 13.3. The summed E-state index contributed by atoms with van der Waals surface area (Å²) < 4.78 is 13.5. The summed E-state index contributed by atoms with van der Waals surface area (Å²) in [7, 11) is 0. The summed E-state index contributed by atoms with van der Waals surface area (Å²) in [6.45, 7) is 1.12. The van der Waals surface area contributed by atoms with E-state index in [1.807, 2.05) is 18.2 Å². The number of thioether (sulfide) groups is 1. The molecule has 2 saturated heterocycles. The van der Waals surface area contributed by atoms with E-state index in [1.165, 1.54) is 22.2 Å². The molecule has 0 radical (unpaired) electrons. The van der Waals surface area contributed by atoms with Crippen LogP contribution in [0.4, 0.5) is 0 Å². The fourth-order valence-corrected chi connectivity index (χ4v) is 4.92. The molecular formula is C23H19N3O4S2. The predicted molar refractivity (Wildman–Crippen MR) is 127 cm³/mol. The zero-order valence-electron chi connectivity index (χ0n) is 17.0. The maximum Gasteiger partial charge on any atom is 0.269 e. The number of aromatic nitrogens is 2. The van der Waals surface area contributed by atoms with Crippen molar-refractivity contribution >= 4 is 45.9 Å². The van der Waals surface area contributed by atoms with Crippen LogP contribution in [-0.4, -0.2) is 43.8 Å². The number of ether oxygens (including phenoxy) is 2. The molecule has 3 aromatic rings. The van der Waals surface area contributed by atoms with Gasteiger partial charge in [0.2, 0.25) is 5.88 Å². The largest absolute Gasteiger partial charge is 0.438 e. The minimum absolute atomic E-state index is 0.0122. The molecule has 2 aromatic heterocycles. The van der Waals surface area contributed by atoms with Crippen LogP contribution in [0.15, 0.2) is 64.4 Å². The van der Waals surface area contributed by atoms with Gasteiger partial charge in [0.05, 0.1) is 17.6 Å². The van der Waals surface area contributed by atoms with Crippen LogP contribution >= 0.6 is 24.0 Å². The first-order valence-electron chi connectivity index (χ1n) is 10.2. The van der Waals surface area contributed by atoms with Crippen LogP contribution < -0.4 is 10.3 Å². The molecule has 9 heteroatoms. The van der Waals surface area contributed by atoms with Crippen molar-refractivity contribution in [3.63, 3.8) is 0 Å². The average Bonchev–Trinajstić information content (AvgIpc) is 3.41. The quantitative estimate of drug-likeness (QED) is 0.418. The van der Waals surface area contributed by atoms with E-state index in [-0.39, 0.29) is 29.0 Å². The van der Waals surface area contributed by atoms with Gasteiger partial charge < -0.3 is 9.47 Å². The Labute approximate surface area is 193 Å². The molecule has 0 bridgehead atoms. The van der Waals surface area contributed by atoms with E-state index >= 15 is 0 Å². The Kier molecular flexibility index (Phi) is 5.77. The molecule has 1 atom stereocenters. The molecular weight excluding hydrogens is 446 g/mol. The lowest BCUT2D eigenvalue weighted by atomic mass is 10.2. The molecule has 0 saturated carbocycles. The van der Waals surface area contributed by atoms with Gasteiger partial charge in [-0.15, -0.1) is 0 Å². The predicted octanol–water partition coefficient (Wildman–Crippen LogP) is 3.87. The van der Waals surface area contributed by atoms with Crippen molar-refractivity contribution in [2.75, 3.05) is 13.2 Å². The summed E-state index contributed by atoms with van der Waals surface area (Å²) >= 11 is 6.61. The number of fused-ring (bicyclic) bond motifs is 1. The molecule has 5 rings (SSSR count). The topological polar surface area (TPSA) is 73.1 Å². The van der Waals surface area contributed by atoms with Gasteiger partial charge in [0, 0.05) is 12.8 Å². The van der Waals surface area contributed by atoms with Gasteiger partial charge in [-0.1, -0.05) is 48.2 Å². The van der Waals surface area contributed by atoms with Gasteiger partial charge in [-0.05, 0) is 43.2 Å². The second-order valence-corrected chi connectivity index (χ2v) is 9.08. The highest BCUT2D eigenvalue weighted by atomic mass is 32.2. The molecule has 2 fully saturated rings. The van der Waals surface area contributed by atoms with E-state index in [1.54, 1.807) is 41.4 Å². The van der Waals surface area contributed by atoms with Crippen molar-refractivity contribution < 1.29 is 14.3 Å². The second-order valence-electron chi connectivity index (χ2n) is 7.41. The van der Waals surface area contributed by atoms with Crippen molar-refractivity contribution in [3.05, 3.63) is 75.6 Å². The highest BCUT2D eigenvalue weighted by Gasteiger charge is 2.35. The van der Waals surface area contributed by atoms with Crippen LogP contribution in [0.2, 0.25) is 0 Å². The Morgan fingerprint density at radius 2 is 2.00 bits per heavy atom. The third kappa shape index (κ3) is 4.06. The van der Waals surface area contributed by atoms with E-state index in [4.69, 9.17) is 21.7 Å². The first-order chi connectivity index (χ1) is 15.6. The van der Waals surface area contributed by atoms with Crippen LogP contribution in [0, 0.1) is 0 Å². The molecule has 1 aromatic carbocycles. The molecule has 162 valence electrons. The lowest BCUT2D eigenvalue weighted by Gasteiger charge is -2.18. The van der Waals surface area contributed by atoms with Crippen molar-refractivity contribution in [2.24, 2.45) is 0 Å². The molecule has 2 aliphatic heterocycles. The molecule has 32 heavy (non-hydrogen) atoms. The zero-order chi connectivity index (χ0) is 22.1. The summed E-state index contributed by atoms with van der Waals surface area (Å²) in [4.78, 5) is 32.8. The Morgan fingerprint density at radius 3 is 2.78 bits per heavy atom. The van der Waals surface area contributed by atoms with E-state index in [0.29, 0.717) is 33.8 Å². The third-order valence-corrected chi connectivity index (χ3v) is 6.63. The summed E-state index contributed by atoms with van der Waals surface area (Å²) in [6, 6.07) is 14.4. The Bertz CT molecular complexity index is 1280. The number of thiocarbonyl (C=S) groups is 1. The molecule has 4 heterocycles. The Balaban J connectivity index is 1.55. The summed E-state index contributed by atoms with van der Waals surface area (Å²) in [5, 5.41) is 0. The van der Waals surface area contributed by atoms with Gasteiger partial charge in [-0.3, -0.25) is 18.9 Å².